The zero-order valence-corrected chi connectivity index (χ0v) is 10.7. The fraction of sp³-hybridized carbons (Fsp3) is 0.455. The summed E-state index contributed by atoms with van der Waals surface area (Å²) in [6.45, 7) is 7.86. The number of halogens is 2. The fourth-order valence-electron chi connectivity index (χ4n) is 0.664. The third-order valence-electron chi connectivity index (χ3n) is 1.18. The van der Waals surface area contributed by atoms with Crippen molar-refractivity contribution in [3.8, 4) is 0 Å². The maximum Gasteiger partial charge on any atom is 0.123 e. The second-order valence-corrected chi connectivity index (χ2v) is 2.75. The average Bonchev–Trinajstić information content (AvgIpc) is 2.27. The summed E-state index contributed by atoms with van der Waals surface area (Å²) in [5.74, 6) is -0.327. The molecule has 0 saturated heterocycles. The molecular weight excluding hydrogens is 247 g/mol. The van der Waals surface area contributed by atoms with Gasteiger partial charge in [-0.3, -0.25) is 0 Å². The molecule has 0 aliphatic rings. The highest BCUT2D eigenvalue weighted by Gasteiger charge is 1.98. The molecule has 1 rings (SSSR count). The van der Waals surface area contributed by atoms with Crippen LogP contribution in [0.25, 0.3) is 0 Å². The summed E-state index contributed by atoms with van der Waals surface area (Å²) >= 11 is 3.16. The van der Waals surface area contributed by atoms with Gasteiger partial charge in [0, 0.05) is 4.47 Å². The van der Waals surface area contributed by atoms with Gasteiger partial charge in [-0.05, 0) is 23.8 Å². The van der Waals surface area contributed by atoms with E-state index < -0.39 is 0 Å². The Labute approximate surface area is 94.1 Å². The molecule has 0 spiro atoms. The van der Waals surface area contributed by atoms with Gasteiger partial charge >= 0.3 is 0 Å². The number of aliphatic hydroxyl groups excluding tert-OH is 1. The molecule has 0 saturated carbocycles. The van der Waals surface area contributed by atoms with E-state index in [1.165, 1.54) is 12.1 Å². The largest absolute Gasteiger partial charge is 0.392 e. The highest BCUT2D eigenvalue weighted by molar-refractivity contribution is 9.10. The Morgan fingerprint density at radius 1 is 1.21 bits per heavy atom. The van der Waals surface area contributed by atoms with Gasteiger partial charge in [0.05, 0.1) is 6.61 Å². The second kappa shape index (κ2) is 10.7. The molecule has 0 atom stereocenters. The van der Waals surface area contributed by atoms with Crippen molar-refractivity contribution in [3.05, 3.63) is 34.1 Å². The van der Waals surface area contributed by atoms with Crippen molar-refractivity contribution in [1.29, 1.82) is 0 Å². The molecule has 0 bridgehead atoms. The number of benzene rings is 1. The third kappa shape index (κ3) is 6.11. The van der Waals surface area contributed by atoms with E-state index in [0.717, 1.165) is 4.47 Å². The van der Waals surface area contributed by atoms with Crippen LogP contribution in [0.1, 0.15) is 33.3 Å². The molecule has 0 aromatic heterocycles. The van der Waals surface area contributed by atoms with Crippen molar-refractivity contribution in [2.24, 2.45) is 0 Å². The van der Waals surface area contributed by atoms with Crippen LogP contribution in [-0.4, -0.2) is 5.11 Å². The molecule has 1 aromatic carbocycles. The van der Waals surface area contributed by atoms with E-state index in [1.807, 2.05) is 27.7 Å². The Balaban J connectivity index is 0. The van der Waals surface area contributed by atoms with Gasteiger partial charge in [-0.1, -0.05) is 43.6 Å². The highest BCUT2D eigenvalue weighted by atomic mass is 79.9. The zero-order valence-electron chi connectivity index (χ0n) is 9.14. The lowest BCUT2D eigenvalue weighted by Gasteiger charge is -1.98. The number of rotatable bonds is 1. The Morgan fingerprint density at radius 3 is 2.07 bits per heavy atom. The minimum Gasteiger partial charge on any atom is -0.392 e. The molecule has 82 valence electrons. The number of aliphatic hydroxyl groups is 1. The standard InChI is InChI=1S/C7H6BrFO.2C2H6/c8-7-2-1-6(9)3-5(7)4-10;2*1-2/h1-3,10H,4H2;2*1-2H3. The van der Waals surface area contributed by atoms with Crippen molar-refractivity contribution in [1.82, 2.24) is 0 Å². The van der Waals surface area contributed by atoms with Crippen LogP contribution in [0.4, 0.5) is 4.39 Å². The predicted molar refractivity (Wildman–Crippen MR) is 62.7 cm³/mol. The summed E-state index contributed by atoms with van der Waals surface area (Å²) in [6.07, 6.45) is 0. The Morgan fingerprint density at radius 2 is 1.71 bits per heavy atom. The minimum absolute atomic E-state index is 0.141. The monoisotopic (exact) mass is 264 g/mol. The van der Waals surface area contributed by atoms with E-state index >= 15 is 0 Å². The van der Waals surface area contributed by atoms with Crippen LogP contribution in [-0.2, 0) is 6.61 Å². The molecule has 0 amide bonds. The first-order chi connectivity index (χ1) is 6.74. The molecule has 0 fully saturated rings. The summed E-state index contributed by atoms with van der Waals surface area (Å²) in [5, 5.41) is 8.65. The lowest BCUT2D eigenvalue weighted by molar-refractivity contribution is 0.280. The van der Waals surface area contributed by atoms with Gasteiger partial charge in [0.15, 0.2) is 0 Å². The lowest BCUT2D eigenvalue weighted by Crippen LogP contribution is -1.85. The van der Waals surface area contributed by atoms with Crippen LogP contribution >= 0.6 is 15.9 Å². The quantitative estimate of drug-likeness (QED) is 0.809. The Hall–Kier alpha value is -0.410. The van der Waals surface area contributed by atoms with Gasteiger partial charge in [-0.2, -0.15) is 0 Å². The molecule has 1 nitrogen and oxygen atoms in total. The predicted octanol–water partition coefficient (Wildman–Crippen LogP) is 4.13. The molecule has 0 unspecified atom stereocenters. The highest BCUT2D eigenvalue weighted by Crippen LogP contribution is 2.17. The van der Waals surface area contributed by atoms with Crippen molar-refractivity contribution < 1.29 is 9.50 Å². The molecule has 0 radical (unpaired) electrons. The SMILES string of the molecule is CC.CC.OCc1cc(F)ccc1Br. The second-order valence-electron chi connectivity index (χ2n) is 1.89. The third-order valence-corrected chi connectivity index (χ3v) is 1.95. The number of hydrogen-bond donors (Lipinski definition) is 1. The Bertz CT molecular complexity index is 239. The van der Waals surface area contributed by atoms with Crippen LogP contribution in [0, 0.1) is 5.82 Å². The van der Waals surface area contributed by atoms with Crippen molar-refractivity contribution in [2.45, 2.75) is 34.3 Å². The smallest absolute Gasteiger partial charge is 0.123 e. The molecule has 0 aliphatic heterocycles. The summed E-state index contributed by atoms with van der Waals surface area (Å²) < 4.78 is 13.1. The Kier molecular flexibility index (Phi) is 12.2. The van der Waals surface area contributed by atoms with Gasteiger partial charge in [-0.25, -0.2) is 4.39 Å². The van der Waals surface area contributed by atoms with Gasteiger partial charge < -0.3 is 5.11 Å². The molecule has 1 aromatic rings. The minimum atomic E-state index is -0.327. The molecule has 0 aliphatic carbocycles. The van der Waals surface area contributed by atoms with Gasteiger partial charge in [0.25, 0.3) is 0 Å². The summed E-state index contributed by atoms with van der Waals surface area (Å²) in [4.78, 5) is 0. The van der Waals surface area contributed by atoms with Gasteiger partial charge in [-0.15, -0.1) is 0 Å². The van der Waals surface area contributed by atoms with Crippen LogP contribution in [0.2, 0.25) is 0 Å². The zero-order chi connectivity index (χ0) is 11.6. The van der Waals surface area contributed by atoms with E-state index in [4.69, 9.17) is 5.11 Å². The summed E-state index contributed by atoms with van der Waals surface area (Å²) in [5.41, 5.74) is 0.569. The summed E-state index contributed by atoms with van der Waals surface area (Å²) in [6, 6.07) is 4.20. The molecule has 1 N–H and O–H groups in total. The van der Waals surface area contributed by atoms with Gasteiger partial charge in [0.1, 0.15) is 5.82 Å². The maximum atomic E-state index is 12.4. The van der Waals surface area contributed by atoms with Crippen LogP contribution in [0.5, 0.6) is 0 Å². The van der Waals surface area contributed by atoms with Gasteiger partial charge in [0.2, 0.25) is 0 Å². The van der Waals surface area contributed by atoms with Crippen LogP contribution in [0.15, 0.2) is 22.7 Å². The van der Waals surface area contributed by atoms with E-state index in [9.17, 15) is 4.39 Å². The number of hydrogen-bond acceptors (Lipinski definition) is 1. The summed E-state index contributed by atoms with van der Waals surface area (Å²) in [7, 11) is 0. The first-order valence-corrected chi connectivity index (χ1v) is 5.58. The molecule has 14 heavy (non-hydrogen) atoms. The molecule has 0 heterocycles. The lowest BCUT2D eigenvalue weighted by atomic mass is 10.2. The van der Waals surface area contributed by atoms with Crippen LogP contribution in [0.3, 0.4) is 0 Å². The van der Waals surface area contributed by atoms with Crippen molar-refractivity contribution in [3.63, 3.8) is 0 Å². The maximum absolute atomic E-state index is 12.4. The molecule has 3 heteroatoms. The molecular formula is C11H18BrFO. The first-order valence-electron chi connectivity index (χ1n) is 4.79. The normalized spacial score (nSPS) is 7.93. The van der Waals surface area contributed by atoms with E-state index in [2.05, 4.69) is 15.9 Å². The van der Waals surface area contributed by atoms with E-state index in [-0.39, 0.29) is 12.4 Å². The van der Waals surface area contributed by atoms with Crippen molar-refractivity contribution >= 4 is 15.9 Å². The topological polar surface area (TPSA) is 20.2 Å². The van der Waals surface area contributed by atoms with E-state index in [0.29, 0.717) is 5.56 Å². The van der Waals surface area contributed by atoms with Crippen molar-refractivity contribution in [2.75, 3.05) is 0 Å². The fourth-order valence-corrected chi connectivity index (χ4v) is 1.04. The van der Waals surface area contributed by atoms with E-state index in [1.54, 1.807) is 6.07 Å². The first kappa shape index (κ1) is 16.0. The van der Waals surface area contributed by atoms with Crippen LogP contribution < -0.4 is 0 Å². The average molecular weight is 265 g/mol.